The van der Waals surface area contributed by atoms with Crippen LogP contribution in [-0.2, 0) is 9.53 Å². The largest absolute Gasteiger partial charge is 0.454 e. The average Bonchev–Trinajstić information content (AvgIpc) is 3.04. The Morgan fingerprint density at radius 2 is 2.04 bits per heavy atom. The molecule has 0 saturated carbocycles. The molecule has 0 unspecified atom stereocenters. The van der Waals surface area contributed by atoms with Gasteiger partial charge in [0, 0.05) is 0 Å². The Hall–Kier alpha value is -2.80. The summed E-state index contributed by atoms with van der Waals surface area (Å²) in [5.74, 6) is -1.34. The van der Waals surface area contributed by atoms with E-state index in [1.807, 2.05) is 0 Å². The van der Waals surface area contributed by atoms with E-state index in [9.17, 15) is 14.0 Å². The van der Waals surface area contributed by atoms with Crippen LogP contribution < -0.4 is 14.8 Å². The number of esters is 1. The van der Waals surface area contributed by atoms with Gasteiger partial charge in [-0.2, -0.15) is 0 Å². The number of para-hydroxylation sites is 1. The van der Waals surface area contributed by atoms with Gasteiger partial charge in [-0.1, -0.05) is 23.7 Å². The van der Waals surface area contributed by atoms with Gasteiger partial charge in [0.2, 0.25) is 6.79 Å². The van der Waals surface area contributed by atoms with Crippen LogP contribution in [0.1, 0.15) is 10.4 Å². The first-order chi connectivity index (χ1) is 11.5. The van der Waals surface area contributed by atoms with E-state index in [-0.39, 0.29) is 23.1 Å². The van der Waals surface area contributed by atoms with Gasteiger partial charge in [0.25, 0.3) is 5.91 Å². The summed E-state index contributed by atoms with van der Waals surface area (Å²) in [4.78, 5) is 23.7. The number of benzene rings is 2. The first kappa shape index (κ1) is 16.1. The zero-order valence-electron chi connectivity index (χ0n) is 12.2. The minimum Gasteiger partial charge on any atom is -0.454 e. The topological polar surface area (TPSA) is 73.9 Å². The van der Waals surface area contributed by atoms with E-state index < -0.39 is 24.3 Å². The van der Waals surface area contributed by atoms with E-state index in [1.165, 1.54) is 30.3 Å². The lowest BCUT2D eigenvalue weighted by Gasteiger charge is -2.08. The summed E-state index contributed by atoms with van der Waals surface area (Å²) >= 11 is 5.97. The average molecular weight is 352 g/mol. The molecule has 1 aliphatic heterocycles. The molecule has 124 valence electrons. The molecular weight excluding hydrogens is 341 g/mol. The summed E-state index contributed by atoms with van der Waals surface area (Å²) in [6, 6.07) is 8.42. The Balaban J connectivity index is 1.61. The number of rotatable bonds is 4. The minimum atomic E-state index is -0.765. The summed E-state index contributed by atoms with van der Waals surface area (Å²) in [5.41, 5.74) is 0.118. The van der Waals surface area contributed by atoms with Crippen LogP contribution in [-0.4, -0.2) is 25.3 Å². The van der Waals surface area contributed by atoms with Crippen LogP contribution >= 0.6 is 11.6 Å². The molecule has 0 saturated heterocycles. The second kappa shape index (κ2) is 6.76. The van der Waals surface area contributed by atoms with Gasteiger partial charge in [-0.25, -0.2) is 9.18 Å². The van der Waals surface area contributed by atoms with Gasteiger partial charge in [0.15, 0.2) is 18.1 Å². The fourth-order valence-corrected chi connectivity index (χ4v) is 2.31. The third kappa shape index (κ3) is 3.41. The smallest absolute Gasteiger partial charge is 0.338 e. The highest BCUT2D eigenvalue weighted by Crippen LogP contribution is 2.39. The summed E-state index contributed by atoms with van der Waals surface area (Å²) in [6.45, 7) is -0.558. The van der Waals surface area contributed by atoms with Crippen molar-refractivity contribution >= 4 is 29.2 Å². The predicted octanol–water partition coefficient (Wildman–Crippen LogP) is 3.00. The van der Waals surface area contributed by atoms with Crippen molar-refractivity contribution in [2.45, 2.75) is 0 Å². The fraction of sp³-hybridized carbons (Fsp3) is 0.125. The second-order valence-corrected chi connectivity index (χ2v) is 5.20. The number of hydrogen-bond donors (Lipinski definition) is 1. The SMILES string of the molecule is O=C(COC(=O)c1cc(Cl)c2c(c1)OCO2)Nc1ccccc1F. The van der Waals surface area contributed by atoms with E-state index in [0.717, 1.165) is 0 Å². The van der Waals surface area contributed by atoms with E-state index in [0.29, 0.717) is 11.5 Å². The van der Waals surface area contributed by atoms with E-state index in [2.05, 4.69) is 5.32 Å². The summed E-state index contributed by atoms with van der Waals surface area (Å²) in [6.07, 6.45) is 0. The number of carbonyl (C=O) groups is 2. The molecule has 2 aromatic rings. The Kier molecular flexibility index (Phi) is 4.52. The molecule has 0 atom stereocenters. The van der Waals surface area contributed by atoms with Gasteiger partial charge < -0.3 is 19.5 Å². The first-order valence-corrected chi connectivity index (χ1v) is 7.23. The van der Waals surface area contributed by atoms with E-state index in [4.69, 9.17) is 25.8 Å². The van der Waals surface area contributed by atoms with Gasteiger partial charge in [0.05, 0.1) is 16.3 Å². The van der Waals surface area contributed by atoms with Crippen molar-refractivity contribution in [1.29, 1.82) is 0 Å². The van der Waals surface area contributed by atoms with Crippen LogP contribution in [0, 0.1) is 5.82 Å². The molecule has 0 spiro atoms. The van der Waals surface area contributed by atoms with Crippen molar-refractivity contribution in [2.24, 2.45) is 0 Å². The quantitative estimate of drug-likeness (QED) is 0.857. The molecule has 1 amide bonds. The van der Waals surface area contributed by atoms with Crippen LogP contribution in [0.2, 0.25) is 5.02 Å². The predicted molar refractivity (Wildman–Crippen MR) is 82.9 cm³/mol. The third-order valence-electron chi connectivity index (χ3n) is 3.15. The zero-order chi connectivity index (χ0) is 17.1. The molecule has 1 N–H and O–H groups in total. The van der Waals surface area contributed by atoms with Gasteiger partial charge in [0.1, 0.15) is 5.82 Å². The Labute approximate surface area is 141 Å². The van der Waals surface area contributed by atoms with Crippen LogP contribution in [0.4, 0.5) is 10.1 Å². The van der Waals surface area contributed by atoms with Gasteiger partial charge in [-0.15, -0.1) is 0 Å². The molecule has 0 bridgehead atoms. The van der Waals surface area contributed by atoms with E-state index in [1.54, 1.807) is 6.07 Å². The lowest BCUT2D eigenvalue weighted by atomic mass is 10.2. The number of anilines is 1. The number of fused-ring (bicyclic) bond motifs is 1. The maximum absolute atomic E-state index is 13.4. The third-order valence-corrected chi connectivity index (χ3v) is 3.43. The summed E-state index contributed by atoms with van der Waals surface area (Å²) in [5, 5.41) is 2.51. The molecule has 0 aliphatic carbocycles. The van der Waals surface area contributed by atoms with Gasteiger partial charge >= 0.3 is 5.97 Å². The number of nitrogens with one attached hydrogen (secondary N) is 1. The van der Waals surface area contributed by atoms with Crippen LogP contribution in [0.5, 0.6) is 11.5 Å². The summed E-state index contributed by atoms with van der Waals surface area (Å²) in [7, 11) is 0. The number of ether oxygens (including phenoxy) is 3. The van der Waals surface area contributed by atoms with Crippen molar-refractivity contribution in [1.82, 2.24) is 0 Å². The highest BCUT2D eigenvalue weighted by molar-refractivity contribution is 6.32. The first-order valence-electron chi connectivity index (χ1n) is 6.85. The molecule has 24 heavy (non-hydrogen) atoms. The maximum Gasteiger partial charge on any atom is 0.338 e. The number of halogens is 2. The van der Waals surface area contributed by atoms with Crippen LogP contribution in [0.25, 0.3) is 0 Å². The van der Waals surface area contributed by atoms with Crippen molar-refractivity contribution in [3.63, 3.8) is 0 Å². The lowest BCUT2D eigenvalue weighted by Crippen LogP contribution is -2.21. The van der Waals surface area contributed by atoms with Crippen molar-refractivity contribution in [3.8, 4) is 11.5 Å². The van der Waals surface area contributed by atoms with Crippen LogP contribution in [0.3, 0.4) is 0 Å². The maximum atomic E-state index is 13.4. The number of amides is 1. The molecule has 0 aromatic heterocycles. The molecule has 3 rings (SSSR count). The van der Waals surface area contributed by atoms with E-state index >= 15 is 0 Å². The lowest BCUT2D eigenvalue weighted by molar-refractivity contribution is -0.119. The number of hydrogen-bond acceptors (Lipinski definition) is 5. The van der Waals surface area contributed by atoms with Gasteiger partial charge in [-0.3, -0.25) is 4.79 Å². The zero-order valence-corrected chi connectivity index (χ0v) is 12.9. The molecular formula is C16H11ClFNO5. The highest BCUT2D eigenvalue weighted by Gasteiger charge is 2.21. The standard InChI is InChI=1S/C16H11ClFNO5/c17-10-5-9(6-13-15(10)24-8-23-13)16(21)22-7-14(20)19-12-4-2-1-3-11(12)18/h1-6H,7-8H2,(H,19,20). The van der Waals surface area contributed by atoms with Crippen molar-refractivity contribution in [2.75, 3.05) is 18.7 Å². The highest BCUT2D eigenvalue weighted by atomic mass is 35.5. The summed E-state index contributed by atoms with van der Waals surface area (Å²) < 4.78 is 28.6. The number of carbonyl (C=O) groups excluding carboxylic acids is 2. The van der Waals surface area contributed by atoms with Crippen LogP contribution in [0.15, 0.2) is 36.4 Å². The molecule has 2 aromatic carbocycles. The Morgan fingerprint density at radius 1 is 1.25 bits per heavy atom. The minimum absolute atomic E-state index is 0.00433. The van der Waals surface area contributed by atoms with Crippen molar-refractivity contribution < 1.29 is 28.2 Å². The fourth-order valence-electron chi connectivity index (χ4n) is 2.05. The van der Waals surface area contributed by atoms with Crippen molar-refractivity contribution in [3.05, 3.63) is 52.8 Å². The molecule has 6 nitrogen and oxygen atoms in total. The second-order valence-electron chi connectivity index (χ2n) is 4.80. The Bertz CT molecular complexity index is 811. The molecule has 0 radical (unpaired) electrons. The monoisotopic (exact) mass is 351 g/mol. The molecule has 1 heterocycles. The molecule has 1 aliphatic rings. The molecule has 8 heteroatoms. The Morgan fingerprint density at radius 3 is 2.83 bits per heavy atom. The van der Waals surface area contributed by atoms with Gasteiger partial charge in [-0.05, 0) is 24.3 Å². The molecule has 0 fully saturated rings. The normalized spacial score (nSPS) is 11.9.